The number of carbonyl (C=O) groups excluding carboxylic acids is 2. The SMILES string of the molecule is CCCNCCNC(=O)CC(N)C(C)=O. The lowest BCUT2D eigenvalue weighted by atomic mass is 10.1. The maximum atomic E-state index is 11.2. The third kappa shape index (κ3) is 8.08. The van der Waals surface area contributed by atoms with Gasteiger partial charge in [-0.3, -0.25) is 9.59 Å². The number of ketones is 1. The lowest BCUT2D eigenvalue weighted by Crippen LogP contribution is -2.38. The van der Waals surface area contributed by atoms with Crippen molar-refractivity contribution in [1.29, 1.82) is 0 Å². The maximum absolute atomic E-state index is 11.2. The van der Waals surface area contributed by atoms with Gasteiger partial charge in [0.1, 0.15) is 5.78 Å². The molecule has 4 N–H and O–H groups in total. The zero-order valence-corrected chi connectivity index (χ0v) is 9.51. The Balaban J connectivity index is 3.45. The van der Waals surface area contributed by atoms with Crippen LogP contribution in [0.25, 0.3) is 0 Å². The van der Waals surface area contributed by atoms with E-state index in [4.69, 9.17) is 5.73 Å². The van der Waals surface area contributed by atoms with E-state index >= 15 is 0 Å². The van der Waals surface area contributed by atoms with Crippen molar-refractivity contribution in [3.63, 3.8) is 0 Å². The molecule has 0 heterocycles. The summed E-state index contributed by atoms with van der Waals surface area (Å²) in [4.78, 5) is 22.0. The zero-order valence-electron chi connectivity index (χ0n) is 9.51. The van der Waals surface area contributed by atoms with Crippen molar-refractivity contribution < 1.29 is 9.59 Å². The van der Waals surface area contributed by atoms with Gasteiger partial charge in [0.15, 0.2) is 0 Å². The highest BCUT2D eigenvalue weighted by Crippen LogP contribution is 1.89. The average Bonchev–Trinajstić information content (AvgIpc) is 2.17. The Morgan fingerprint density at radius 3 is 2.47 bits per heavy atom. The van der Waals surface area contributed by atoms with Crippen LogP contribution < -0.4 is 16.4 Å². The number of amides is 1. The Labute approximate surface area is 90.8 Å². The topological polar surface area (TPSA) is 84.2 Å². The van der Waals surface area contributed by atoms with Gasteiger partial charge in [0, 0.05) is 19.5 Å². The molecule has 0 radical (unpaired) electrons. The van der Waals surface area contributed by atoms with Crippen LogP contribution in [0.5, 0.6) is 0 Å². The molecule has 1 amide bonds. The average molecular weight is 215 g/mol. The maximum Gasteiger partial charge on any atom is 0.222 e. The van der Waals surface area contributed by atoms with E-state index in [1.165, 1.54) is 6.92 Å². The molecule has 0 aromatic carbocycles. The Bertz CT molecular complexity index is 207. The molecule has 0 saturated carbocycles. The first-order chi connectivity index (χ1) is 7.07. The van der Waals surface area contributed by atoms with Crippen molar-refractivity contribution in [1.82, 2.24) is 10.6 Å². The molecule has 0 aromatic heterocycles. The van der Waals surface area contributed by atoms with Crippen molar-refractivity contribution in [2.75, 3.05) is 19.6 Å². The summed E-state index contributed by atoms with van der Waals surface area (Å²) in [7, 11) is 0. The van der Waals surface area contributed by atoms with Gasteiger partial charge in [-0.25, -0.2) is 0 Å². The minimum absolute atomic E-state index is 0.0725. The number of nitrogens with one attached hydrogen (secondary N) is 2. The standard InChI is InChI=1S/C10H21N3O2/c1-3-4-12-5-6-13-10(15)7-9(11)8(2)14/h9,12H,3-7,11H2,1-2H3,(H,13,15). The predicted octanol–water partition coefficient (Wildman–Crippen LogP) is -0.591. The van der Waals surface area contributed by atoms with Crippen LogP contribution in [0.1, 0.15) is 26.7 Å². The number of hydrogen-bond acceptors (Lipinski definition) is 4. The van der Waals surface area contributed by atoms with Gasteiger partial charge in [-0.2, -0.15) is 0 Å². The molecule has 0 aromatic rings. The van der Waals surface area contributed by atoms with E-state index in [-0.39, 0.29) is 18.1 Å². The van der Waals surface area contributed by atoms with Crippen LogP contribution in [0.15, 0.2) is 0 Å². The molecule has 0 aliphatic carbocycles. The van der Waals surface area contributed by atoms with E-state index in [2.05, 4.69) is 17.6 Å². The highest BCUT2D eigenvalue weighted by Gasteiger charge is 2.12. The van der Waals surface area contributed by atoms with Crippen LogP contribution in [-0.2, 0) is 9.59 Å². The number of hydrogen-bond donors (Lipinski definition) is 3. The molecule has 0 bridgehead atoms. The van der Waals surface area contributed by atoms with Gasteiger partial charge in [-0.05, 0) is 19.9 Å². The third-order valence-electron chi connectivity index (χ3n) is 1.98. The molecule has 5 nitrogen and oxygen atoms in total. The normalized spacial score (nSPS) is 12.2. The largest absolute Gasteiger partial charge is 0.355 e. The smallest absolute Gasteiger partial charge is 0.222 e. The zero-order chi connectivity index (χ0) is 11.7. The lowest BCUT2D eigenvalue weighted by molar-refractivity contribution is -0.125. The highest BCUT2D eigenvalue weighted by molar-refractivity contribution is 5.87. The number of Topliss-reactive ketones (excluding diaryl/α,β-unsaturated/α-hetero) is 1. The van der Waals surface area contributed by atoms with E-state index in [0.717, 1.165) is 19.5 Å². The van der Waals surface area contributed by atoms with Crippen LogP contribution in [0.2, 0.25) is 0 Å². The molecule has 1 unspecified atom stereocenters. The summed E-state index contributed by atoms with van der Waals surface area (Å²) in [5, 5.41) is 5.85. The fraction of sp³-hybridized carbons (Fsp3) is 0.800. The number of rotatable bonds is 8. The molecule has 0 aliphatic heterocycles. The van der Waals surface area contributed by atoms with Crippen LogP contribution in [0.4, 0.5) is 0 Å². The second-order valence-corrected chi connectivity index (χ2v) is 3.52. The first-order valence-corrected chi connectivity index (χ1v) is 5.31. The molecule has 0 fully saturated rings. The Hall–Kier alpha value is -0.940. The minimum Gasteiger partial charge on any atom is -0.355 e. The molecule has 5 heteroatoms. The third-order valence-corrected chi connectivity index (χ3v) is 1.98. The molecule has 0 rings (SSSR count). The Morgan fingerprint density at radius 1 is 1.27 bits per heavy atom. The van der Waals surface area contributed by atoms with Crippen molar-refractivity contribution in [3.05, 3.63) is 0 Å². The van der Waals surface area contributed by atoms with Gasteiger partial charge in [0.25, 0.3) is 0 Å². The monoisotopic (exact) mass is 215 g/mol. The van der Waals surface area contributed by atoms with Gasteiger partial charge in [0.05, 0.1) is 6.04 Å². The second kappa shape index (κ2) is 8.38. The van der Waals surface area contributed by atoms with E-state index in [0.29, 0.717) is 6.54 Å². The van der Waals surface area contributed by atoms with Crippen molar-refractivity contribution in [2.24, 2.45) is 5.73 Å². The van der Waals surface area contributed by atoms with Gasteiger partial charge in [0.2, 0.25) is 5.91 Å². The Kier molecular flexibility index (Phi) is 7.85. The summed E-state index contributed by atoms with van der Waals surface area (Å²) in [6.45, 7) is 5.74. The van der Waals surface area contributed by atoms with Crippen molar-refractivity contribution in [3.8, 4) is 0 Å². The van der Waals surface area contributed by atoms with Crippen LogP contribution >= 0.6 is 0 Å². The van der Waals surface area contributed by atoms with Gasteiger partial charge < -0.3 is 16.4 Å². The fourth-order valence-electron chi connectivity index (χ4n) is 1.01. The summed E-state index contributed by atoms with van der Waals surface area (Å²) in [6, 6.07) is -0.673. The van der Waals surface area contributed by atoms with Gasteiger partial charge in [-0.15, -0.1) is 0 Å². The van der Waals surface area contributed by atoms with E-state index in [9.17, 15) is 9.59 Å². The summed E-state index contributed by atoms with van der Waals surface area (Å²) in [5.41, 5.74) is 5.44. The molecule has 0 aliphatic rings. The quantitative estimate of drug-likeness (QED) is 0.472. The minimum atomic E-state index is -0.673. The van der Waals surface area contributed by atoms with Crippen LogP contribution in [-0.4, -0.2) is 37.4 Å². The molecular formula is C10H21N3O2. The summed E-state index contributed by atoms with van der Waals surface area (Å²) < 4.78 is 0. The van der Waals surface area contributed by atoms with E-state index in [1.807, 2.05) is 0 Å². The summed E-state index contributed by atoms with van der Waals surface area (Å²) >= 11 is 0. The number of nitrogens with two attached hydrogens (primary N) is 1. The number of carbonyl (C=O) groups is 2. The lowest BCUT2D eigenvalue weighted by Gasteiger charge is -2.08. The molecule has 1 atom stereocenters. The van der Waals surface area contributed by atoms with Crippen molar-refractivity contribution >= 4 is 11.7 Å². The predicted molar refractivity (Wildman–Crippen MR) is 59.4 cm³/mol. The van der Waals surface area contributed by atoms with Gasteiger partial charge >= 0.3 is 0 Å². The molecule has 15 heavy (non-hydrogen) atoms. The molecular weight excluding hydrogens is 194 g/mol. The molecule has 88 valence electrons. The summed E-state index contributed by atoms with van der Waals surface area (Å²) in [6.07, 6.45) is 1.15. The van der Waals surface area contributed by atoms with Crippen LogP contribution in [0.3, 0.4) is 0 Å². The Morgan fingerprint density at radius 2 is 1.93 bits per heavy atom. The van der Waals surface area contributed by atoms with Gasteiger partial charge in [-0.1, -0.05) is 6.92 Å². The van der Waals surface area contributed by atoms with Crippen molar-refractivity contribution in [2.45, 2.75) is 32.7 Å². The molecule has 0 saturated heterocycles. The molecule has 0 spiro atoms. The first kappa shape index (κ1) is 14.1. The van der Waals surface area contributed by atoms with E-state index in [1.54, 1.807) is 0 Å². The second-order valence-electron chi connectivity index (χ2n) is 3.52. The fourth-order valence-corrected chi connectivity index (χ4v) is 1.01. The summed E-state index contributed by atoms with van der Waals surface area (Å²) in [5.74, 6) is -0.328. The van der Waals surface area contributed by atoms with Crippen LogP contribution in [0, 0.1) is 0 Å². The first-order valence-electron chi connectivity index (χ1n) is 5.31. The van der Waals surface area contributed by atoms with E-state index < -0.39 is 6.04 Å². The highest BCUT2D eigenvalue weighted by atomic mass is 16.2.